The summed E-state index contributed by atoms with van der Waals surface area (Å²) in [6.07, 6.45) is 1.50. The van der Waals surface area contributed by atoms with Crippen LogP contribution in [0.4, 0.5) is 4.79 Å². The van der Waals surface area contributed by atoms with Crippen LogP contribution in [0.1, 0.15) is 11.8 Å². The van der Waals surface area contributed by atoms with E-state index in [0.29, 0.717) is 5.76 Å². The Bertz CT molecular complexity index is 358. The standard InChI is InChI=1S/C9H11N3O3/c10-6(7-2-1-3-15-7)5-12-8(13)4-11-9(12)14/h1-3,6H,4-5,10H2,(H,11,14). The Labute approximate surface area is 86.0 Å². The molecule has 0 radical (unpaired) electrons. The smallest absolute Gasteiger partial charge is 0.324 e. The summed E-state index contributed by atoms with van der Waals surface area (Å²) in [5.74, 6) is 0.296. The summed E-state index contributed by atoms with van der Waals surface area (Å²) in [4.78, 5) is 23.5. The lowest BCUT2D eigenvalue weighted by Crippen LogP contribution is -2.37. The van der Waals surface area contributed by atoms with Crippen molar-refractivity contribution in [2.24, 2.45) is 5.73 Å². The predicted molar refractivity (Wildman–Crippen MR) is 50.7 cm³/mol. The van der Waals surface area contributed by atoms with Crippen LogP contribution >= 0.6 is 0 Å². The van der Waals surface area contributed by atoms with Crippen molar-refractivity contribution in [2.75, 3.05) is 13.1 Å². The molecule has 0 aliphatic carbocycles. The number of furan rings is 1. The largest absolute Gasteiger partial charge is 0.468 e. The highest BCUT2D eigenvalue weighted by Crippen LogP contribution is 2.13. The lowest BCUT2D eigenvalue weighted by Gasteiger charge is -2.16. The van der Waals surface area contributed by atoms with E-state index in [4.69, 9.17) is 10.2 Å². The van der Waals surface area contributed by atoms with Crippen LogP contribution < -0.4 is 11.1 Å². The van der Waals surface area contributed by atoms with Crippen molar-refractivity contribution in [3.63, 3.8) is 0 Å². The van der Waals surface area contributed by atoms with Crippen LogP contribution in [0.3, 0.4) is 0 Å². The number of rotatable bonds is 3. The number of nitrogens with two attached hydrogens (primary N) is 1. The molecule has 6 heteroatoms. The highest BCUT2D eigenvalue weighted by molar-refractivity contribution is 6.01. The molecule has 1 aliphatic rings. The van der Waals surface area contributed by atoms with Gasteiger partial charge in [-0.3, -0.25) is 9.69 Å². The highest BCUT2D eigenvalue weighted by Gasteiger charge is 2.30. The fourth-order valence-corrected chi connectivity index (χ4v) is 1.43. The van der Waals surface area contributed by atoms with E-state index in [0.717, 1.165) is 4.90 Å². The predicted octanol–water partition coefficient (Wildman–Crippen LogP) is -0.169. The second kappa shape index (κ2) is 3.74. The van der Waals surface area contributed by atoms with Crippen molar-refractivity contribution in [1.29, 1.82) is 0 Å². The molecule has 0 aromatic carbocycles. The lowest BCUT2D eigenvalue weighted by atomic mass is 10.2. The molecule has 80 valence electrons. The maximum absolute atomic E-state index is 11.2. The molecular weight excluding hydrogens is 198 g/mol. The van der Waals surface area contributed by atoms with Gasteiger partial charge in [0.05, 0.1) is 25.4 Å². The van der Waals surface area contributed by atoms with Gasteiger partial charge < -0.3 is 15.5 Å². The molecule has 3 amide bonds. The molecular formula is C9H11N3O3. The lowest BCUT2D eigenvalue weighted by molar-refractivity contribution is -0.125. The van der Waals surface area contributed by atoms with Crippen molar-refractivity contribution in [3.05, 3.63) is 24.2 Å². The normalized spacial score (nSPS) is 18.1. The minimum Gasteiger partial charge on any atom is -0.468 e. The van der Waals surface area contributed by atoms with E-state index in [1.54, 1.807) is 12.1 Å². The first kappa shape index (κ1) is 9.72. The minimum absolute atomic E-state index is 0.0453. The van der Waals surface area contributed by atoms with Crippen LogP contribution in [0.2, 0.25) is 0 Å². The molecule has 0 saturated carbocycles. The van der Waals surface area contributed by atoms with Gasteiger partial charge in [-0.05, 0) is 12.1 Å². The second-order valence-electron chi connectivity index (χ2n) is 3.28. The molecule has 15 heavy (non-hydrogen) atoms. The number of nitrogens with one attached hydrogen (secondary N) is 1. The van der Waals surface area contributed by atoms with Crippen molar-refractivity contribution < 1.29 is 14.0 Å². The zero-order valence-corrected chi connectivity index (χ0v) is 7.97. The van der Waals surface area contributed by atoms with Crippen LogP contribution in [-0.4, -0.2) is 29.9 Å². The number of hydrogen-bond donors (Lipinski definition) is 2. The monoisotopic (exact) mass is 209 g/mol. The van der Waals surface area contributed by atoms with Crippen LogP contribution in [0.15, 0.2) is 22.8 Å². The van der Waals surface area contributed by atoms with Crippen LogP contribution in [0, 0.1) is 0 Å². The Morgan fingerprint density at radius 3 is 2.93 bits per heavy atom. The highest BCUT2D eigenvalue weighted by atomic mass is 16.3. The Balaban J connectivity index is 2.02. The Hall–Kier alpha value is -1.82. The first-order valence-electron chi connectivity index (χ1n) is 4.55. The zero-order chi connectivity index (χ0) is 10.8. The average molecular weight is 209 g/mol. The first-order valence-corrected chi connectivity index (χ1v) is 4.55. The van der Waals surface area contributed by atoms with Crippen molar-refractivity contribution in [1.82, 2.24) is 10.2 Å². The van der Waals surface area contributed by atoms with Gasteiger partial charge in [0.25, 0.3) is 0 Å². The number of carbonyl (C=O) groups excluding carboxylic acids is 2. The summed E-state index contributed by atoms with van der Waals surface area (Å²) in [6.45, 7) is 0.182. The Morgan fingerprint density at radius 1 is 1.60 bits per heavy atom. The molecule has 6 nitrogen and oxygen atoms in total. The van der Waals surface area contributed by atoms with Gasteiger partial charge in [-0.1, -0.05) is 0 Å². The van der Waals surface area contributed by atoms with Crippen molar-refractivity contribution in [2.45, 2.75) is 6.04 Å². The van der Waals surface area contributed by atoms with E-state index in [2.05, 4.69) is 5.32 Å². The van der Waals surface area contributed by atoms with Gasteiger partial charge in [0.2, 0.25) is 5.91 Å². The summed E-state index contributed by atoms with van der Waals surface area (Å²) in [6, 6.07) is 2.54. The molecule has 0 spiro atoms. The quantitative estimate of drug-likeness (QED) is 0.676. The molecule has 1 aliphatic heterocycles. The molecule has 1 aromatic heterocycles. The fourth-order valence-electron chi connectivity index (χ4n) is 1.43. The summed E-state index contributed by atoms with van der Waals surface area (Å²) < 4.78 is 5.08. The van der Waals surface area contributed by atoms with E-state index in [-0.39, 0.29) is 19.0 Å². The van der Waals surface area contributed by atoms with Crippen molar-refractivity contribution in [3.8, 4) is 0 Å². The number of nitrogens with zero attached hydrogens (tertiary/aromatic N) is 1. The molecule has 3 N–H and O–H groups in total. The average Bonchev–Trinajstić information content (AvgIpc) is 2.82. The number of imide groups is 1. The van der Waals surface area contributed by atoms with Gasteiger partial charge >= 0.3 is 6.03 Å². The summed E-state index contributed by atoms with van der Waals surface area (Å²) in [5.41, 5.74) is 5.78. The third kappa shape index (κ3) is 1.84. The molecule has 1 fully saturated rings. The number of urea groups is 1. The topological polar surface area (TPSA) is 88.6 Å². The molecule has 1 atom stereocenters. The van der Waals surface area contributed by atoms with Crippen LogP contribution in [-0.2, 0) is 4.79 Å². The Kier molecular flexibility index (Phi) is 2.42. The first-order chi connectivity index (χ1) is 7.18. The number of carbonyl (C=O) groups is 2. The molecule has 2 heterocycles. The summed E-state index contributed by atoms with van der Waals surface area (Å²) in [5, 5.41) is 2.42. The van der Waals surface area contributed by atoms with Crippen LogP contribution in [0.25, 0.3) is 0 Å². The molecule has 0 bridgehead atoms. The van der Waals surface area contributed by atoms with E-state index >= 15 is 0 Å². The zero-order valence-electron chi connectivity index (χ0n) is 7.97. The molecule has 1 unspecified atom stereocenters. The maximum atomic E-state index is 11.2. The van der Waals surface area contributed by atoms with Crippen molar-refractivity contribution >= 4 is 11.9 Å². The number of hydrogen-bond acceptors (Lipinski definition) is 4. The van der Waals surface area contributed by atoms with Gasteiger partial charge in [0.15, 0.2) is 0 Å². The third-order valence-corrected chi connectivity index (χ3v) is 2.22. The Morgan fingerprint density at radius 2 is 2.40 bits per heavy atom. The maximum Gasteiger partial charge on any atom is 0.324 e. The third-order valence-electron chi connectivity index (χ3n) is 2.22. The van der Waals surface area contributed by atoms with E-state index < -0.39 is 12.1 Å². The van der Waals surface area contributed by atoms with Gasteiger partial charge in [-0.15, -0.1) is 0 Å². The molecule has 2 rings (SSSR count). The summed E-state index contributed by atoms with van der Waals surface area (Å²) in [7, 11) is 0. The van der Waals surface area contributed by atoms with Crippen LogP contribution in [0.5, 0.6) is 0 Å². The van der Waals surface area contributed by atoms with Gasteiger partial charge in [-0.2, -0.15) is 0 Å². The summed E-state index contributed by atoms with van der Waals surface area (Å²) >= 11 is 0. The van der Waals surface area contributed by atoms with E-state index in [9.17, 15) is 9.59 Å². The fraction of sp³-hybridized carbons (Fsp3) is 0.333. The molecule has 1 saturated heterocycles. The number of amides is 3. The van der Waals surface area contributed by atoms with Gasteiger partial charge in [0.1, 0.15) is 5.76 Å². The van der Waals surface area contributed by atoms with Gasteiger partial charge in [-0.25, -0.2) is 4.79 Å². The van der Waals surface area contributed by atoms with E-state index in [1.165, 1.54) is 6.26 Å². The minimum atomic E-state index is -0.479. The van der Waals surface area contributed by atoms with E-state index in [1.807, 2.05) is 0 Å². The second-order valence-corrected chi connectivity index (χ2v) is 3.28. The molecule has 1 aromatic rings. The SMILES string of the molecule is NC(CN1C(=O)CNC1=O)c1ccco1. The van der Waals surface area contributed by atoms with Gasteiger partial charge in [0, 0.05) is 0 Å².